The molecule has 0 aromatic heterocycles. The number of anilines is 3. The number of thiocarbonyl (C=S) groups is 1. The molecular formula is C41H50F3N7O5S. The minimum Gasteiger partial charge on any atom is -0.378 e. The number of amides is 4. The van der Waals surface area contributed by atoms with Crippen LogP contribution in [-0.4, -0.2) is 87.5 Å². The van der Waals surface area contributed by atoms with E-state index in [2.05, 4.69) is 34.7 Å². The van der Waals surface area contributed by atoms with E-state index in [4.69, 9.17) is 17.0 Å². The number of hydrogen-bond acceptors (Lipinski definition) is 9. The Kier molecular flexibility index (Phi) is 12.6. The second kappa shape index (κ2) is 17.1. The van der Waals surface area contributed by atoms with Gasteiger partial charge >= 0.3 is 6.18 Å². The predicted molar refractivity (Wildman–Crippen MR) is 212 cm³/mol. The van der Waals surface area contributed by atoms with Crippen molar-refractivity contribution in [2.75, 3.05) is 28.7 Å². The van der Waals surface area contributed by atoms with Crippen LogP contribution in [0.4, 0.5) is 30.2 Å². The molecule has 0 spiro atoms. The third-order valence-corrected chi connectivity index (χ3v) is 12.2. The first kappa shape index (κ1) is 42.0. The first-order valence-electron chi connectivity index (χ1n) is 19.6. The molecule has 3 heterocycles. The fourth-order valence-corrected chi connectivity index (χ4v) is 9.49. The van der Waals surface area contributed by atoms with Crippen molar-refractivity contribution in [3.63, 3.8) is 0 Å². The Balaban J connectivity index is 0.943. The molecule has 6 rings (SSSR count). The zero-order valence-corrected chi connectivity index (χ0v) is 33.5. The lowest BCUT2D eigenvalue weighted by molar-refractivity contribution is -0.138. The number of nitrogens with one attached hydrogen (secondary N) is 3. The molecule has 4 amide bonds. The topological polar surface area (TPSA) is 147 Å². The Morgan fingerprint density at radius 2 is 1.70 bits per heavy atom. The first-order chi connectivity index (χ1) is 27.0. The molecule has 3 saturated heterocycles. The zero-order chi connectivity index (χ0) is 41.2. The number of nitriles is 1. The van der Waals surface area contributed by atoms with Gasteiger partial charge in [0.15, 0.2) is 5.11 Å². The standard InChI is InChI=1S/C41H50F3N7O5S/c1-24-18-26(19-25(2)49(24)23-36(53)47-29-7-5-6-28(20-29)46-34-14-15-35(52)48-37(34)54)16-17-56-32-12-10-30(11-13-32)51-39(57)50(38(55)40(51,3)4)31-9-8-27(22-45)33(21-31)41(42,43)44/h5-9,20-21,24-26,30,32,34,46H,10-19,23H2,1-4H3,(H,47,53)(H,48,52,54)/t24-,25+,26+,30-,32-,34?. The van der Waals surface area contributed by atoms with Gasteiger partial charge in [0.25, 0.3) is 5.91 Å². The fraction of sp³-hybridized carbons (Fsp3) is 0.561. The van der Waals surface area contributed by atoms with E-state index in [1.807, 2.05) is 11.0 Å². The smallest absolute Gasteiger partial charge is 0.378 e. The SMILES string of the molecule is C[C@@H]1C[C@H](CCO[C@H]2CC[C@H](N3C(=S)N(c4ccc(C#N)c(C(F)(F)F)c4)C(=O)C3(C)C)CC2)C[C@H](C)N1CC(=O)Nc1cccc(NC2CCC(=O)NC2=O)c1. The average molecular weight is 810 g/mol. The van der Waals surface area contributed by atoms with Crippen LogP contribution in [-0.2, 0) is 30.1 Å². The highest BCUT2D eigenvalue weighted by molar-refractivity contribution is 7.80. The van der Waals surface area contributed by atoms with Crippen LogP contribution < -0.4 is 20.9 Å². The van der Waals surface area contributed by atoms with Gasteiger partial charge in [-0.15, -0.1) is 0 Å². The number of nitrogens with zero attached hydrogens (tertiary/aromatic N) is 4. The summed E-state index contributed by atoms with van der Waals surface area (Å²) in [4.78, 5) is 55.7. The van der Waals surface area contributed by atoms with Gasteiger partial charge in [0.1, 0.15) is 11.6 Å². The molecule has 2 aromatic carbocycles. The third kappa shape index (κ3) is 9.42. The first-order valence-corrected chi connectivity index (χ1v) is 20.0. The van der Waals surface area contributed by atoms with Crippen LogP contribution in [0.15, 0.2) is 42.5 Å². The molecule has 4 aliphatic rings. The van der Waals surface area contributed by atoms with Gasteiger partial charge in [-0.3, -0.25) is 34.3 Å². The maximum Gasteiger partial charge on any atom is 0.417 e. The van der Waals surface area contributed by atoms with E-state index < -0.39 is 34.8 Å². The van der Waals surface area contributed by atoms with Crippen molar-refractivity contribution in [3.05, 3.63) is 53.6 Å². The molecule has 0 radical (unpaired) electrons. The fourth-order valence-electron chi connectivity index (χ4n) is 8.92. The third-order valence-electron chi connectivity index (χ3n) is 11.8. The summed E-state index contributed by atoms with van der Waals surface area (Å²) in [7, 11) is 0. The number of rotatable bonds is 11. The van der Waals surface area contributed by atoms with E-state index in [0.717, 1.165) is 49.1 Å². The normalized spacial score (nSPS) is 26.9. The molecule has 0 bridgehead atoms. The Labute approximate surface area is 336 Å². The van der Waals surface area contributed by atoms with Crippen molar-refractivity contribution in [1.29, 1.82) is 5.26 Å². The van der Waals surface area contributed by atoms with Gasteiger partial charge in [-0.05, 0) is 134 Å². The summed E-state index contributed by atoms with van der Waals surface area (Å²) in [6, 6.07) is 11.8. The molecule has 4 fully saturated rings. The Hall–Kier alpha value is -4.59. The summed E-state index contributed by atoms with van der Waals surface area (Å²) in [5.74, 6) is -0.723. The largest absolute Gasteiger partial charge is 0.417 e. The summed E-state index contributed by atoms with van der Waals surface area (Å²) in [5.41, 5.74) is -1.40. The van der Waals surface area contributed by atoms with Crippen molar-refractivity contribution in [2.45, 2.75) is 127 Å². The van der Waals surface area contributed by atoms with Crippen LogP contribution in [0, 0.1) is 17.2 Å². The lowest BCUT2D eigenvalue weighted by Crippen LogP contribution is -2.51. The molecule has 1 aliphatic carbocycles. The van der Waals surface area contributed by atoms with E-state index in [1.165, 1.54) is 6.07 Å². The number of benzene rings is 2. The number of likely N-dealkylation sites (tertiary alicyclic amines) is 1. The van der Waals surface area contributed by atoms with Gasteiger partial charge in [-0.2, -0.15) is 18.4 Å². The van der Waals surface area contributed by atoms with Gasteiger partial charge in [0.2, 0.25) is 17.7 Å². The van der Waals surface area contributed by atoms with Gasteiger partial charge in [-0.25, -0.2) is 0 Å². The Morgan fingerprint density at radius 1 is 1.02 bits per heavy atom. The number of halogens is 3. The van der Waals surface area contributed by atoms with Gasteiger partial charge in [-0.1, -0.05) is 6.07 Å². The second-order valence-electron chi connectivity index (χ2n) is 16.3. The number of piperidine rings is 2. The molecular weight excluding hydrogens is 760 g/mol. The van der Waals surface area contributed by atoms with Gasteiger partial charge in [0, 0.05) is 42.5 Å². The van der Waals surface area contributed by atoms with Crippen LogP contribution in [0.1, 0.15) is 96.6 Å². The van der Waals surface area contributed by atoms with Crippen LogP contribution >= 0.6 is 12.2 Å². The van der Waals surface area contributed by atoms with Crippen molar-refractivity contribution >= 4 is 58.0 Å². The van der Waals surface area contributed by atoms with Crippen LogP contribution in [0.3, 0.4) is 0 Å². The van der Waals surface area contributed by atoms with Gasteiger partial charge < -0.3 is 20.3 Å². The van der Waals surface area contributed by atoms with Gasteiger partial charge in [0.05, 0.1) is 35.5 Å². The highest BCUT2D eigenvalue weighted by atomic mass is 32.1. The zero-order valence-electron chi connectivity index (χ0n) is 32.7. The molecule has 1 unspecified atom stereocenters. The highest BCUT2D eigenvalue weighted by Crippen LogP contribution is 2.41. The molecule has 3 N–H and O–H groups in total. The molecule has 16 heteroatoms. The van der Waals surface area contributed by atoms with E-state index in [-0.39, 0.29) is 65.7 Å². The number of hydrogen-bond donors (Lipinski definition) is 3. The number of ether oxygens (including phenoxy) is 1. The van der Waals surface area contributed by atoms with Crippen molar-refractivity contribution in [2.24, 2.45) is 5.92 Å². The maximum absolute atomic E-state index is 13.7. The summed E-state index contributed by atoms with van der Waals surface area (Å²) >= 11 is 5.74. The predicted octanol–water partition coefficient (Wildman–Crippen LogP) is 6.35. The van der Waals surface area contributed by atoms with Crippen molar-refractivity contribution in [1.82, 2.24) is 15.1 Å². The molecule has 3 aliphatic heterocycles. The molecule has 306 valence electrons. The average Bonchev–Trinajstić information content (AvgIpc) is 3.32. The minimum atomic E-state index is -4.76. The lowest BCUT2D eigenvalue weighted by Gasteiger charge is -2.42. The van der Waals surface area contributed by atoms with Crippen LogP contribution in [0.25, 0.3) is 0 Å². The monoisotopic (exact) mass is 809 g/mol. The molecule has 1 saturated carbocycles. The molecule has 2 aromatic rings. The number of carbonyl (C=O) groups excluding carboxylic acids is 4. The van der Waals surface area contributed by atoms with E-state index in [0.29, 0.717) is 43.2 Å². The second-order valence-corrected chi connectivity index (χ2v) is 16.6. The maximum atomic E-state index is 13.7. The summed E-state index contributed by atoms with van der Waals surface area (Å²) in [5, 5.41) is 17.9. The minimum absolute atomic E-state index is 0.00878. The van der Waals surface area contributed by atoms with Crippen molar-refractivity contribution < 1.29 is 37.1 Å². The molecule has 57 heavy (non-hydrogen) atoms. The van der Waals surface area contributed by atoms with Crippen LogP contribution in [0.2, 0.25) is 0 Å². The molecule has 12 nitrogen and oxygen atoms in total. The number of carbonyl (C=O) groups is 4. The highest BCUT2D eigenvalue weighted by Gasteiger charge is 2.52. The number of alkyl halides is 3. The van der Waals surface area contributed by atoms with Crippen LogP contribution in [0.5, 0.6) is 0 Å². The lowest BCUT2D eigenvalue weighted by atomic mass is 9.85. The summed E-state index contributed by atoms with van der Waals surface area (Å²) < 4.78 is 47.6. The Morgan fingerprint density at radius 3 is 2.35 bits per heavy atom. The number of imide groups is 1. The van der Waals surface area contributed by atoms with E-state index >= 15 is 0 Å². The summed E-state index contributed by atoms with van der Waals surface area (Å²) in [6.45, 7) is 8.64. The van der Waals surface area contributed by atoms with E-state index in [1.54, 1.807) is 38.1 Å². The van der Waals surface area contributed by atoms with Crippen molar-refractivity contribution in [3.8, 4) is 6.07 Å². The Bertz CT molecular complexity index is 1920. The van der Waals surface area contributed by atoms with E-state index in [9.17, 15) is 37.6 Å². The quantitative estimate of drug-likeness (QED) is 0.173. The molecule has 4 atom stereocenters. The summed E-state index contributed by atoms with van der Waals surface area (Å²) in [6.07, 6.45) is 1.70.